The maximum atomic E-state index is 13.3. The Morgan fingerprint density at radius 2 is 1.89 bits per heavy atom. The monoisotopic (exact) mass is 403 g/mol. The molecule has 4 rings (SSSR count). The van der Waals surface area contributed by atoms with Gasteiger partial charge in [-0.1, -0.05) is 35.5 Å². The Morgan fingerprint density at radius 3 is 2.59 bits per heavy atom. The number of nitrogens with zero attached hydrogens (tertiary/aromatic N) is 3. The summed E-state index contributed by atoms with van der Waals surface area (Å²) in [4.78, 5) is 13.0. The Labute approximate surface area is 164 Å². The number of aromatic nitrogens is 3. The number of carbonyl (C=O) groups excluding carboxylic acids is 1. The van der Waals surface area contributed by atoms with Gasteiger partial charge in [-0.2, -0.15) is 0 Å². The molecule has 2 aromatic carbocycles. The summed E-state index contributed by atoms with van der Waals surface area (Å²) in [5.41, 5.74) is 4.71. The summed E-state index contributed by atoms with van der Waals surface area (Å²) in [6, 6.07) is 12.6. The highest BCUT2D eigenvalue weighted by atomic mass is 35.5. The summed E-state index contributed by atoms with van der Waals surface area (Å²) < 4.78 is 15.1. The first kappa shape index (κ1) is 17.8. The van der Waals surface area contributed by atoms with Crippen molar-refractivity contribution in [2.24, 2.45) is 0 Å². The van der Waals surface area contributed by atoms with Crippen LogP contribution in [0.5, 0.6) is 0 Å². The van der Waals surface area contributed by atoms with Crippen molar-refractivity contribution in [1.29, 1.82) is 0 Å². The van der Waals surface area contributed by atoms with E-state index in [1.54, 1.807) is 41.1 Å². The van der Waals surface area contributed by atoms with Crippen LogP contribution in [0.25, 0.3) is 0 Å². The summed E-state index contributed by atoms with van der Waals surface area (Å²) >= 11 is 7.21. The summed E-state index contributed by atoms with van der Waals surface area (Å²) in [5, 5.41) is 11.7. The van der Waals surface area contributed by atoms with Crippen LogP contribution >= 0.6 is 23.4 Å². The third-order valence-electron chi connectivity index (χ3n) is 4.20. The molecule has 138 valence electrons. The molecule has 0 fully saturated rings. The number of thioether (sulfide) groups is 1. The molecular weight excluding hydrogens is 389 g/mol. The molecule has 1 amide bonds. The van der Waals surface area contributed by atoms with Crippen molar-refractivity contribution >= 4 is 35.0 Å². The van der Waals surface area contributed by atoms with Gasteiger partial charge in [0, 0.05) is 10.7 Å². The highest BCUT2D eigenvalue weighted by Gasteiger charge is 2.37. The van der Waals surface area contributed by atoms with Gasteiger partial charge in [-0.3, -0.25) is 4.79 Å². The molecule has 2 heterocycles. The SMILES string of the molecule is Cc1nnc2n1N[C@@H](c1ccc(F)cc1)[C@H](C(=O)Nc1ccc(Cl)cc1)S2. The molecule has 0 aliphatic carbocycles. The van der Waals surface area contributed by atoms with E-state index in [2.05, 4.69) is 20.9 Å². The lowest BCUT2D eigenvalue weighted by Gasteiger charge is -2.32. The zero-order valence-electron chi connectivity index (χ0n) is 14.2. The molecule has 0 saturated carbocycles. The molecule has 3 aromatic rings. The second-order valence-electron chi connectivity index (χ2n) is 6.06. The fourth-order valence-electron chi connectivity index (χ4n) is 2.83. The molecule has 0 bridgehead atoms. The Bertz CT molecular complexity index is 976. The molecule has 6 nitrogen and oxygen atoms in total. The lowest BCUT2D eigenvalue weighted by atomic mass is 10.0. The van der Waals surface area contributed by atoms with Gasteiger partial charge in [0.05, 0.1) is 6.04 Å². The zero-order valence-corrected chi connectivity index (χ0v) is 15.8. The topological polar surface area (TPSA) is 71.8 Å². The number of carbonyl (C=O) groups is 1. The Morgan fingerprint density at radius 1 is 1.19 bits per heavy atom. The van der Waals surface area contributed by atoms with Crippen LogP contribution in [0.4, 0.5) is 10.1 Å². The number of anilines is 1. The van der Waals surface area contributed by atoms with Crippen LogP contribution in [0, 0.1) is 12.7 Å². The fraction of sp³-hybridized carbons (Fsp3) is 0.167. The van der Waals surface area contributed by atoms with E-state index in [1.807, 2.05) is 6.92 Å². The summed E-state index contributed by atoms with van der Waals surface area (Å²) in [6.07, 6.45) is 0. The molecule has 2 atom stereocenters. The van der Waals surface area contributed by atoms with E-state index in [0.717, 1.165) is 5.56 Å². The van der Waals surface area contributed by atoms with Crippen molar-refractivity contribution in [1.82, 2.24) is 14.9 Å². The second-order valence-corrected chi connectivity index (χ2v) is 7.60. The lowest BCUT2D eigenvalue weighted by molar-refractivity contribution is -0.116. The number of halogens is 2. The molecule has 0 saturated heterocycles. The number of nitrogens with one attached hydrogen (secondary N) is 2. The zero-order chi connectivity index (χ0) is 19.0. The number of fused-ring (bicyclic) bond motifs is 1. The molecule has 0 unspecified atom stereocenters. The molecular formula is C18H15ClFN5OS. The van der Waals surface area contributed by atoms with Gasteiger partial charge in [0.2, 0.25) is 11.1 Å². The number of rotatable bonds is 3. The molecule has 9 heteroatoms. The average Bonchev–Trinajstić information content (AvgIpc) is 3.03. The summed E-state index contributed by atoms with van der Waals surface area (Å²) in [7, 11) is 0. The number of amides is 1. The molecule has 0 spiro atoms. The van der Waals surface area contributed by atoms with Gasteiger partial charge >= 0.3 is 0 Å². The largest absolute Gasteiger partial charge is 0.325 e. The van der Waals surface area contributed by atoms with E-state index in [1.165, 1.54) is 23.9 Å². The van der Waals surface area contributed by atoms with E-state index in [0.29, 0.717) is 21.7 Å². The van der Waals surface area contributed by atoms with Crippen LogP contribution in [-0.4, -0.2) is 26.0 Å². The van der Waals surface area contributed by atoms with E-state index >= 15 is 0 Å². The minimum Gasteiger partial charge on any atom is -0.325 e. The van der Waals surface area contributed by atoms with Crippen LogP contribution in [0.2, 0.25) is 5.02 Å². The first-order valence-electron chi connectivity index (χ1n) is 8.18. The summed E-state index contributed by atoms with van der Waals surface area (Å²) in [6.45, 7) is 1.82. The highest BCUT2D eigenvalue weighted by molar-refractivity contribution is 8.00. The first-order valence-corrected chi connectivity index (χ1v) is 9.44. The predicted molar refractivity (Wildman–Crippen MR) is 103 cm³/mol. The first-order chi connectivity index (χ1) is 13.0. The van der Waals surface area contributed by atoms with Crippen molar-refractivity contribution < 1.29 is 9.18 Å². The van der Waals surface area contributed by atoms with E-state index in [9.17, 15) is 9.18 Å². The average molecular weight is 404 g/mol. The van der Waals surface area contributed by atoms with Gasteiger partial charge in [-0.25, -0.2) is 9.07 Å². The molecule has 2 N–H and O–H groups in total. The quantitative estimate of drug-likeness (QED) is 0.696. The van der Waals surface area contributed by atoms with Gasteiger partial charge in [0.25, 0.3) is 0 Å². The Hall–Kier alpha value is -2.58. The molecule has 27 heavy (non-hydrogen) atoms. The molecule has 0 radical (unpaired) electrons. The van der Waals surface area contributed by atoms with Crippen LogP contribution in [0.3, 0.4) is 0 Å². The van der Waals surface area contributed by atoms with Crippen molar-refractivity contribution in [3.05, 3.63) is 70.8 Å². The van der Waals surface area contributed by atoms with Crippen molar-refractivity contribution in [2.45, 2.75) is 23.4 Å². The van der Waals surface area contributed by atoms with Crippen LogP contribution in [0.15, 0.2) is 53.7 Å². The van der Waals surface area contributed by atoms with Crippen LogP contribution < -0.4 is 10.7 Å². The van der Waals surface area contributed by atoms with Crippen LogP contribution in [-0.2, 0) is 4.79 Å². The number of hydrogen-bond acceptors (Lipinski definition) is 5. The molecule has 1 aliphatic heterocycles. The third-order valence-corrected chi connectivity index (χ3v) is 5.66. The van der Waals surface area contributed by atoms with E-state index in [-0.39, 0.29) is 17.8 Å². The number of hydrogen-bond donors (Lipinski definition) is 2. The lowest BCUT2D eigenvalue weighted by Crippen LogP contribution is -2.41. The van der Waals surface area contributed by atoms with E-state index in [4.69, 9.17) is 11.6 Å². The maximum Gasteiger partial charge on any atom is 0.240 e. The Balaban J connectivity index is 1.65. The van der Waals surface area contributed by atoms with E-state index < -0.39 is 5.25 Å². The van der Waals surface area contributed by atoms with Crippen LogP contribution in [0.1, 0.15) is 17.4 Å². The van der Waals surface area contributed by atoms with Crippen molar-refractivity contribution in [2.75, 3.05) is 10.7 Å². The van der Waals surface area contributed by atoms with Gasteiger partial charge in [0.1, 0.15) is 16.9 Å². The molecule has 1 aromatic heterocycles. The van der Waals surface area contributed by atoms with Crippen molar-refractivity contribution in [3.8, 4) is 0 Å². The highest BCUT2D eigenvalue weighted by Crippen LogP contribution is 2.37. The minimum atomic E-state index is -0.526. The minimum absolute atomic E-state index is 0.198. The Kier molecular flexibility index (Phi) is 4.75. The standard InChI is InChI=1S/C18H15ClFN5OS/c1-10-22-23-18-25(10)24-15(11-2-6-13(20)7-3-11)16(27-18)17(26)21-14-8-4-12(19)5-9-14/h2-9,15-16,24H,1H3,(H,21,26)/t15-,16+/m0/s1. The smallest absolute Gasteiger partial charge is 0.240 e. The van der Waals surface area contributed by atoms with Crippen molar-refractivity contribution in [3.63, 3.8) is 0 Å². The number of benzene rings is 2. The normalized spacial score (nSPS) is 18.5. The maximum absolute atomic E-state index is 13.3. The number of aryl methyl sites for hydroxylation is 1. The van der Waals surface area contributed by atoms with Gasteiger partial charge in [-0.05, 0) is 48.9 Å². The predicted octanol–water partition coefficient (Wildman–Crippen LogP) is 3.78. The van der Waals surface area contributed by atoms with Gasteiger partial charge in [-0.15, -0.1) is 10.2 Å². The van der Waals surface area contributed by atoms with Gasteiger partial charge in [0.15, 0.2) is 0 Å². The second kappa shape index (κ2) is 7.21. The van der Waals surface area contributed by atoms with Gasteiger partial charge < -0.3 is 10.7 Å². The molecule has 1 aliphatic rings. The fourth-order valence-corrected chi connectivity index (χ4v) is 4.08. The third kappa shape index (κ3) is 3.63. The summed E-state index contributed by atoms with van der Waals surface area (Å²) in [5.74, 6) is 0.155.